The highest BCUT2D eigenvalue weighted by Gasteiger charge is 2.20. The molecule has 0 bridgehead atoms. The van der Waals surface area contributed by atoms with E-state index < -0.39 is 0 Å². The number of allylic oxidation sites excluding steroid dienone is 1. The van der Waals surface area contributed by atoms with E-state index in [0.29, 0.717) is 0 Å². The van der Waals surface area contributed by atoms with E-state index in [1.54, 1.807) is 0 Å². The normalized spacial score (nSPS) is 12.5. The van der Waals surface area contributed by atoms with Gasteiger partial charge in [0.2, 0.25) is 0 Å². The molecule has 0 atom stereocenters. The molecule has 1 aromatic heterocycles. The molecule has 0 saturated carbocycles. The molecule has 7 aromatic carbocycles. The molecule has 0 amide bonds. The number of anilines is 3. The molecule has 0 aliphatic heterocycles. The molecule has 0 unspecified atom stereocenters. The topological polar surface area (TPSA) is 16.4 Å². The summed E-state index contributed by atoms with van der Waals surface area (Å²) in [6, 6.07) is 54.4. The lowest BCUT2D eigenvalue weighted by atomic mass is 9.87. The van der Waals surface area contributed by atoms with Gasteiger partial charge in [-0.2, -0.15) is 0 Å². The summed E-state index contributed by atoms with van der Waals surface area (Å²) in [4.78, 5) is 2.33. The average molecular weight is 590 g/mol. The Morgan fingerprint density at radius 2 is 1.22 bits per heavy atom. The number of benzene rings is 7. The highest BCUT2D eigenvalue weighted by molar-refractivity contribution is 6.10. The summed E-state index contributed by atoms with van der Waals surface area (Å²) in [5.74, 6) is 0. The molecule has 0 spiro atoms. The third-order valence-corrected chi connectivity index (χ3v) is 9.29. The van der Waals surface area contributed by atoms with Crippen LogP contribution in [0.3, 0.4) is 0 Å². The standard InChI is InChI=1S/C44H31NO/c1-3-13-31(14-4-1)41-29-42-39-25-23-34(28-43(39)46-44(42)40-21-10-9-20-38(40)41)33-16-11-19-36(27-33)45(35-17-5-2-6-18-35)37-24-22-30-12-7-8-15-32(30)26-37/h1-8,10-19,21-29H,9,20H2. The quantitative estimate of drug-likeness (QED) is 0.199. The van der Waals surface area contributed by atoms with E-state index in [2.05, 4.69) is 169 Å². The van der Waals surface area contributed by atoms with E-state index in [9.17, 15) is 0 Å². The van der Waals surface area contributed by atoms with Crippen LogP contribution in [0.15, 0.2) is 162 Å². The van der Waals surface area contributed by atoms with Crippen LogP contribution < -0.4 is 4.90 Å². The molecule has 0 radical (unpaired) electrons. The van der Waals surface area contributed by atoms with Crippen molar-refractivity contribution in [3.63, 3.8) is 0 Å². The van der Waals surface area contributed by atoms with E-state index >= 15 is 0 Å². The van der Waals surface area contributed by atoms with Crippen molar-refractivity contribution in [3.8, 4) is 22.3 Å². The van der Waals surface area contributed by atoms with Gasteiger partial charge in [-0.1, -0.05) is 109 Å². The first-order valence-corrected chi connectivity index (χ1v) is 16.0. The number of rotatable bonds is 5. The number of hydrogen-bond acceptors (Lipinski definition) is 2. The molecule has 0 saturated heterocycles. The van der Waals surface area contributed by atoms with Gasteiger partial charge in [0.25, 0.3) is 0 Å². The SMILES string of the molecule is C1=Cc2c(c(-c3ccccc3)cc3c2oc2cc(-c4cccc(N(c5ccccc5)c5ccc6ccccc6c5)c4)ccc23)CC1. The summed E-state index contributed by atoms with van der Waals surface area (Å²) in [7, 11) is 0. The lowest BCUT2D eigenvalue weighted by Gasteiger charge is -2.26. The molecule has 1 aliphatic carbocycles. The molecule has 46 heavy (non-hydrogen) atoms. The largest absolute Gasteiger partial charge is 0.455 e. The van der Waals surface area contributed by atoms with Gasteiger partial charge < -0.3 is 9.32 Å². The molecule has 0 fully saturated rings. The second-order valence-electron chi connectivity index (χ2n) is 12.1. The number of fused-ring (bicyclic) bond motifs is 6. The van der Waals surface area contributed by atoms with E-state index in [-0.39, 0.29) is 0 Å². The minimum atomic E-state index is 0.915. The van der Waals surface area contributed by atoms with Gasteiger partial charge in [-0.15, -0.1) is 0 Å². The Morgan fingerprint density at radius 1 is 0.500 bits per heavy atom. The maximum Gasteiger partial charge on any atom is 0.142 e. The van der Waals surface area contributed by atoms with Crippen molar-refractivity contribution in [1.29, 1.82) is 0 Å². The van der Waals surface area contributed by atoms with Crippen LogP contribution in [0.2, 0.25) is 0 Å². The van der Waals surface area contributed by atoms with Crippen LogP contribution in [0, 0.1) is 0 Å². The average Bonchev–Trinajstić information content (AvgIpc) is 3.50. The van der Waals surface area contributed by atoms with Gasteiger partial charge in [-0.05, 0) is 106 Å². The van der Waals surface area contributed by atoms with E-state index in [0.717, 1.165) is 57.6 Å². The lowest BCUT2D eigenvalue weighted by Crippen LogP contribution is -2.09. The highest BCUT2D eigenvalue weighted by atomic mass is 16.3. The molecule has 2 heteroatoms. The summed E-state index contributed by atoms with van der Waals surface area (Å²) in [5, 5.41) is 4.78. The van der Waals surface area contributed by atoms with Gasteiger partial charge in [0.1, 0.15) is 11.2 Å². The fraction of sp³-hybridized carbons (Fsp3) is 0.0455. The van der Waals surface area contributed by atoms with Crippen molar-refractivity contribution in [2.24, 2.45) is 0 Å². The Morgan fingerprint density at radius 3 is 2.09 bits per heavy atom. The summed E-state index contributed by atoms with van der Waals surface area (Å²) in [6.45, 7) is 0. The monoisotopic (exact) mass is 589 g/mol. The Hall–Kier alpha value is -5.86. The van der Waals surface area contributed by atoms with Crippen molar-refractivity contribution in [2.75, 3.05) is 4.90 Å². The van der Waals surface area contributed by atoms with Crippen LogP contribution in [-0.4, -0.2) is 0 Å². The second-order valence-corrected chi connectivity index (χ2v) is 12.1. The fourth-order valence-corrected chi connectivity index (χ4v) is 7.07. The minimum absolute atomic E-state index is 0.915. The van der Waals surface area contributed by atoms with Gasteiger partial charge >= 0.3 is 0 Å². The Balaban J connectivity index is 1.17. The summed E-state index contributed by atoms with van der Waals surface area (Å²) < 4.78 is 6.70. The van der Waals surface area contributed by atoms with Crippen LogP contribution >= 0.6 is 0 Å². The van der Waals surface area contributed by atoms with E-state index in [1.807, 2.05) is 0 Å². The zero-order chi connectivity index (χ0) is 30.5. The van der Waals surface area contributed by atoms with Gasteiger partial charge in [-0.3, -0.25) is 0 Å². The number of furan rings is 1. The highest BCUT2D eigenvalue weighted by Crippen LogP contribution is 2.42. The van der Waals surface area contributed by atoms with Crippen LogP contribution in [0.1, 0.15) is 17.5 Å². The Bertz CT molecular complexity index is 2420. The first-order chi connectivity index (χ1) is 22.8. The predicted octanol–water partition coefficient (Wildman–Crippen LogP) is 12.5. The van der Waals surface area contributed by atoms with Gasteiger partial charge in [0.15, 0.2) is 0 Å². The van der Waals surface area contributed by atoms with Gasteiger partial charge in [0, 0.05) is 33.4 Å². The van der Waals surface area contributed by atoms with Crippen molar-refractivity contribution >= 4 is 55.8 Å². The number of para-hydroxylation sites is 1. The molecule has 8 aromatic rings. The van der Waals surface area contributed by atoms with Gasteiger partial charge in [-0.25, -0.2) is 0 Å². The predicted molar refractivity (Wildman–Crippen MR) is 194 cm³/mol. The lowest BCUT2D eigenvalue weighted by molar-refractivity contribution is 0.667. The summed E-state index contributed by atoms with van der Waals surface area (Å²) >= 11 is 0. The van der Waals surface area contributed by atoms with E-state index in [1.165, 1.54) is 38.4 Å². The first kappa shape index (κ1) is 26.5. The summed E-state index contributed by atoms with van der Waals surface area (Å²) in [5.41, 5.74) is 12.7. The summed E-state index contributed by atoms with van der Waals surface area (Å²) in [6.07, 6.45) is 6.61. The zero-order valence-electron chi connectivity index (χ0n) is 25.4. The smallest absolute Gasteiger partial charge is 0.142 e. The van der Waals surface area contributed by atoms with Crippen LogP contribution in [0.4, 0.5) is 17.1 Å². The second kappa shape index (κ2) is 10.9. The third-order valence-electron chi connectivity index (χ3n) is 9.29. The molecule has 1 aliphatic rings. The maximum absolute atomic E-state index is 6.70. The van der Waals surface area contributed by atoms with E-state index in [4.69, 9.17) is 4.42 Å². The van der Waals surface area contributed by atoms with Crippen molar-refractivity contribution in [3.05, 3.63) is 169 Å². The molecule has 1 heterocycles. The third kappa shape index (κ3) is 4.50. The first-order valence-electron chi connectivity index (χ1n) is 16.0. The maximum atomic E-state index is 6.70. The van der Waals surface area contributed by atoms with Crippen LogP contribution in [0.25, 0.3) is 61.0 Å². The molecule has 9 rings (SSSR count). The molecule has 218 valence electrons. The number of hydrogen-bond donors (Lipinski definition) is 0. The molecule has 2 nitrogen and oxygen atoms in total. The van der Waals surface area contributed by atoms with Gasteiger partial charge in [0.05, 0.1) is 0 Å². The zero-order valence-corrected chi connectivity index (χ0v) is 25.4. The molecular formula is C44H31NO. The fourth-order valence-electron chi connectivity index (χ4n) is 7.07. The Kier molecular flexibility index (Phi) is 6.31. The number of nitrogens with zero attached hydrogens (tertiary/aromatic N) is 1. The van der Waals surface area contributed by atoms with Crippen LogP contribution in [0.5, 0.6) is 0 Å². The molecular weight excluding hydrogens is 558 g/mol. The van der Waals surface area contributed by atoms with Crippen molar-refractivity contribution in [1.82, 2.24) is 0 Å². The Labute approximate surface area is 268 Å². The van der Waals surface area contributed by atoms with Crippen LogP contribution in [-0.2, 0) is 6.42 Å². The van der Waals surface area contributed by atoms with Crippen molar-refractivity contribution in [2.45, 2.75) is 12.8 Å². The molecule has 0 N–H and O–H groups in total. The minimum Gasteiger partial charge on any atom is -0.455 e. The van der Waals surface area contributed by atoms with Crippen molar-refractivity contribution < 1.29 is 4.42 Å².